The molecule has 56 valence electrons. The first-order valence-electron chi connectivity index (χ1n) is 3.20. The predicted octanol–water partition coefficient (Wildman–Crippen LogP) is 1.18. The standard InChI is InChI=1S/C7H5IN2O/c8-4-1-6-5(9-3-4)2-7(11)10-6/h1,3H,2H2,(H,10,11). The summed E-state index contributed by atoms with van der Waals surface area (Å²) in [5, 5.41) is 2.73. The number of carbonyl (C=O) groups excluding carboxylic acids is 1. The molecule has 0 unspecified atom stereocenters. The summed E-state index contributed by atoms with van der Waals surface area (Å²) in [6.07, 6.45) is 2.19. The van der Waals surface area contributed by atoms with Crippen molar-refractivity contribution in [1.29, 1.82) is 0 Å². The molecule has 1 aromatic rings. The van der Waals surface area contributed by atoms with Gasteiger partial charge in [0.1, 0.15) is 0 Å². The van der Waals surface area contributed by atoms with Gasteiger partial charge in [0.25, 0.3) is 0 Å². The van der Waals surface area contributed by atoms with Gasteiger partial charge in [0.05, 0.1) is 17.8 Å². The highest BCUT2D eigenvalue weighted by Crippen LogP contribution is 2.21. The molecule has 1 aliphatic rings. The molecule has 1 aromatic heterocycles. The SMILES string of the molecule is O=C1Cc2ncc(I)cc2N1. The fourth-order valence-corrected chi connectivity index (χ4v) is 1.51. The van der Waals surface area contributed by atoms with Gasteiger partial charge in [-0.2, -0.15) is 0 Å². The lowest BCUT2D eigenvalue weighted by molar-refractivity contribution is -0.115. The summed E-state index contributed by atoms with van der Waals surface area (Å²) in [6.45, 7) is 0. The maximum atomic E-state index is 10.9. The summed E-state index contributed by atoms with van der Waals surface area (Å²) in [7, 11) is 0. The number of carbonyl (C=O) groups is 1. The molecule has 3 nitrogen and oxygen atoms in total. The van der Waals surface area contributed by atoms with E-state index in [1.165, 1.54) is 0 Å². The zero-order chi connectivity index (χ0) is 7.84. The van der Waals surface area contributed by atoms with Gasteiger partial charge in [-0.1, -0.05) is 0 Å². The predicted molar refractivity (Wildman–Crippen MR) is 49.3 cm³/mol. The summed E-state index contributed by atoms with van der Waals surface area (Å²) in [6, 6.07) is 1.92. The minimum Gasteiger partial charge on any atom is -0.324 e. The first kappa shape index (κ1) is 7.02. The Kier molecular flexibility index (Phi) is 1.56. The lowest BCUT2D eigenvalue weighted by atomic mass is 10.3. The Hall–Kier alpha value is -0.650. The Morgan fingerprint density at radius 1 is 1.64 bits per heavy atom. The van der Waals surface area contributed by atoms with Crippen LogP contribution >= 0.6 is 22.6 Å². The van der Waals surface area contributed by atoms with Crippen LogP contribution in [-0.2, 0) is 11.2 Å². The fraction of sp³-hybridized carbons (Fsp3) is 0.143. The Bertz CT molecular complexity index is 324. The van der Waals surface area contributed by atoms with Gasteiger partial charge in [0.15, 0.2) is 0 Å². The second-order valence-electron chi connectivity index (χ2n) is 2.37. The molecule has 1 amide bonds. The van der Waals surface area contributed by atoms with Crippen LogP contribution in [0, 0.1) is 3.57 Å². The molecule has 2 rings (SSSR count). The van der Waals surface area contributed by atoms with Crippen molar-refractivity contribution in [3.8, 4) is 0 Å². The van der Waals surface area contributed by atoms with E-state index in [0.29, 0.717) is 6.42 Å². The Morgan fingerprint density at radius 3 is 3.27 bits per heavy atom. The molecule has 0 radical (unpaired) electrons. The van der Waals surface area contributed by atoms with E-state index < -0.39 is 0 Å². The van der Waals surface area contributed by atoms with Gasteiger partial charge in [0.2, 0.25) is 5.91 Å². The Labute approximate surface area is 77.3 Å². The zero-order valence-corrected chi connectivity index (χ0v) is 7.75. The number of aromatic nitrogens is 1. The number of nitrogens with zero attached hydrogens (tertiary/aromatic N) is 1. The van der Waals surface area contributed by atoms with Crippen LogP contribution < -0.4 is 5.32 Å². The van der Waals surface area contributed by atoms with E-state index in [-0.39, 0.29) is 5.91 Å². The van der Waals surface area contributed by atoms with Crippen LogP contribution in [0.15, 0.2) is 12.3 Å². The normalized spacial score (nSPS) is 14.5. The van der Waals surface area contributed by atoms with Crippen molar-refractivity contribution in [3.05, 3.63) is 21.5 Å². The largest absolute Gasteiger partial charge is 0.324 e. The van der Waals surface area contributed by atoms with Gasteiger partial charge < -0.3 is 5.32 Å². The third-order valence-corrected chi connectivity index (χ3v) is 2.13. The lowest BCUT2D eigenvalue weighted by Gasteiger charge is -1.95. The molecule has 0 aromatic carbocycles. The van der Waals surface area contributed by atoms with Crippen molar-refractivity contribution in [1.82, 2.24) is 4.98 Å². The van der Waals surface area contributed by atoms with E-state index in [4.69, 9.17) is 0 Å². The van der Waals surface area contributed by atoms with Crippen molar-refractivity contribution in [2.45, 2.75) is 6.42 Å². The van der Waals surface area contributed by atoms with Crippen molar-refractivity contribution in [2.75, 3.05) is 5.32 Å². The molecule has 1 aliphatic heterocycles. The summed E-state index contributed by atoms with van der Waals surface area (Å²) in [4.78, 5) is 15.0. The number of amides is 1. The van der Waals surface area contributed by atoms with Crippen LogP contribution in [0.1, 0.15) is 5.69 Å². The molecule has 1 N–H and O–H groups in total. The summed E-state index contributed by atoms with van der Waals surface area (Å²) in [5.74, 6) is 0.0366. The van der Waals surface area contributed by atoms with Gasteiger partial charge >= 0.3 is 0 Å². The molecule has 2 heterocycles. The number of hydrogen-bond acceptors (Lipinski definition) is 2. The zero-order valence-electron chi connectivity index (χ0n) is 5.60. The quantitative estimate of drug-likeness (QED) is 0.712. The number of anilines is 1. The number of halogens is 1. The molecule has 0 bridgehead atoms. The van der Waals surface area contributed by atoms with Gasteiger partial charge in [0, 0.05) is 9.77 Å². The van der Waals surface area contributed by atoms with Crippen molar-refractivity contribution in [3.63, 3.8) is 0 Å². The van der Waals surface area contributed by atoms with Gasteiger partial charge in [-0.3, -0.25) is 9.78 Å². The highest BCUT2D eigenvalue weighted by atomic mass is 127. The maximum Gasteiger partial charge on any atom is 0.230 e. The van der Waals surface area contributed by atoms with Crippen LogP contribution in [0.3, 0.4) is 0 Å². The molecule has 0 saturated heterocycles. The van der Waals surface area contributed by atoms with E-state index >= 15 is 0 Å². The van der Waals surface area contributed by atoms with Crippen LogP contribution in [-0.4, -0.2) is 10.9 Å². The molecule has 0 aliphatic carbocycles. The maximum absolute atomic E-state index is 10.9. The van der Waals surface area contributed by atoms with Crippen LogP contribution in [0.25, 0.3) is 0 Å². The van der Waals surface area contributed by atoms with E-state index in [0.717, 1.165) is 15.0 Å². The van der Waals surface area contributed by atoms with Crippen molar-refractivity contribution in [2.24, 2.45) is 0 Å². The van der Waals surface area contributed by atoms with E-state index in [9.17, 15) is 4.79 Å². The molecule has 0 fully saturated rings. The van der Waals surface area contributed by atoms with Crippen LogP contribution in [0.4, 0.5) is 5.69 Å². The average Bonchev–Trinajstić information content (AvgIpc) is 2.27. The second kappa shape index (κ2) is 2.44. The van der Waals surface area contributed by atoms with E-state index in [1.54, 1.807) is 6.20 Å². The molecule has 11 heavy (non-hydrogen) atoms. The first-order valence-corrected chi connectivity index (χ1v) is 4.28. The van der Waals surface area contributed by atoms with E-state index in [1.807, 2.05) is 6.07 Å². The summed E-state index contributed by atoms with van der Waals surface area (Å²) in [5.41, 5.74) is 1.72. The molecule has 0 saturated carbocycles. The number of nitrogens with one attached hydrogen (secondary N) is 1. The smallest absolute Gasteiger partial charge is 0.230 e. The van der Waals surface area contributed by atoms with E-state index in [2.05, 4.69) is 32.9 Å². The average molecular weight is 260 g/mol. The third-order valence-electron chi connectivity index (χ3n) is 1.54. The Balaban J connectivity index is 2.51. The summed E-state index contributed by atoms with van der Waals surface area (Å²) < 4.78 is 1.04. The molecule has 0 spiro atoms. The molecule has 4 heteroatoms. The van der Waals surface area contributed by atoms with Gasteiger partial charge in [-0.25, -0.2) is 0 Å². The number of hydrogen-bond donors (Lipinski definition) is 1. The fourth-order valence-electron chi connectivity index (χ4n) is 1.06. The van der Waals surface area contributed by atoms with Crippen LogP contribution in [0.2, 0.25) is 0 Å². The van der Waals surface area contributed by atoms with Crippen molar-refractivity contribution < 1.29 is 4.79 Å². The van der Waals surface area contributed by atoms with Gasteiger partial charge in [-0.15, -0.1) is 0 Å². The van der Waals surface area contributed by atoms with Crippen LogP contribution in [0.5, 0.6) is 0 Å². The highest BCUT2D eigenvalue weighted by molar-refractivity contribution is 14.1. The molecule has 0 atom stereocenters. The highest BCUT2D eigenvalue weighted by Gasteiger charge is 2.18. The number of pyridine rings is 1. The van der Waals surface area contributed by atoms with Crippen molar-refractivity contribution >= 4 is 34.2 Å². The minimum absolute atomic E-state index is 0.0366. The van der Waals surface area contributed by atoms with Gasteiger partial charge in [-0.05, 0) is 28.7 Å². The topological polar surface area (TPSA) is 42.0 Å². The third kappa shape index (κ3) is 1.22. The minimum atomic E-state index is 0.0366. The molecular weight excluding hydrogens is 255 g/mol. The lowest BCUT2D eigenvalue weighted by Crippen LogP contribution is -2.03. The first-order chi connectivity index (χ1) is 5.25. The number of fused-ring (bicyclic) bond motifs is 1. The number of rotatable bonds is 0. The second-order valence-corrected chi connectivity index (χ2v) is 3.62. The monoisotopic (exact) mass is 260 g/mol. The molecular formula is C7H5IN2O. The summed E-state index contributed by atoms with van der Waals surface area (Å²) >= 11 is 2.17. The Morgan fingerprint density at radius 2 is 2.45 bits per heavy atom.